The Labute approximate surface area is 180 Å². The van der Waals surface area contributed by atoms with Gasteiger partial charge in [-0.05, 0) is 50.1 Å². The summed E-state index contributed by atoms with van der Waals surface area (Å²) in [6.45, 7) is 3.12. The second-order valence-electron chi connectivity index (χ2n) is 7.90. The molecule has 1 N–H and O–H groups in total. The van der Waals surface area contributed by atoms with E-state index in [4.69, 9.17) is 9.72 Å². The summed E-state index contributed by atoms with van der Waals surface area (Å²) < 4.78 is 43.3. The first-order valence-electron chi connectivity index (χ1n) is 10.1. The summed E-state index contributed by atoms with van der Waals surface area (Å²) in [6.07, 6.45) is 2.62. The summed E-state index contributed by atoms with van der Waals surface area (Å²) in [5.74, 6) is 0.352. The predicted octanol–water partition coefficient (Wildman–Crippen LogP) is 2.72. The normalized spacial score (nSPS) is 20.0. The van der Waals surface area contributed by atoms with Crippen LogP contribution in [0.5, 0.6) is 0 Å². The molecule has 1 amide bonds. The molecule has 166 valence electrons. The van der Waals surface area contributed by atoms with Crippen molar-refractivity contribution in [2.24, 2.45) is 0 Å². The number of hydrogen-bond donors (Lipinski definition) is 1. The molecule has 4 rings (SSSR count). The van der Waals surface area contributed by atoms with Crippen LogP contribution in [0.2, 0.25) is 0 Å². The number of halogens is 1. The van der Waals surface area contributed by atoms with Gasteiger partial charge in [0, 0.05) is 32.6 Å². The van der Waals surface area contributed by atoms with Crippen molar-refractivity contribution in [1.29, 1.82) is 0 Å². The third kappa shape index (κ3) is 4.09. The van der Waals surface area contributed by atoms with Crippen LogP contribution in [0.3, 0.4) is 0 Å². The molecule has 10 heteroatoms. The van der Waals surface area contributed by atoms with Gasteiger partial charge < -0.3 is 19.9 Å². The minimum atomic E-state index is -3.50. The molecule has 1 atom stereocenters. The lowest BCUT2D eigenvalue weighted by Crippen LogP contribution is -2.56. The topological polar surface area (TPSA) is 91.8 Å². The number of benzene rings is 1. The first-order valence-corrected chi connectivity index (χ1v) is 12.0. The molecular formula is C21H25FN4O4S. The molecule has 1 aromatic heterocycles. The molecule has 2 aromatic rings. The number of aromatic nitrogens is 1. The van der Waals surface area contributed by atoms with Gasteiger partial charge in [0.15, 0.2) is 15.7 Å². The SMILES string of the molecule is C[C@H]1C(=O)N(C)c2ccc(Nc3ccc(S(C)(=O)=O)cc3F)nc2N1C1CCOCC1. The van der Waals surface area contributed by atoms with E-state index in [9.17, 15) is 17.6 Å². The maximum absolute atomic E-state index is 14.5. The van der Waals surface area contributed by atoms with Crippen LogP contribution >= 0.6 is 0 Å². The van der Waals surface area contributed by atoms with Crippen molar-refractivity contribution in [3.05, 3.63) is 36.1 Å². The van der Waals surface area contributed by atoms with Gasteiger partial charge in [-0.1, -0.05) is 0 Å². The van der Waals surface area contributed by atoms with E-state index in [0.717, 1.165) is 25.2 Å². The highest BCUT2D eigenvalue weighted by Crippen LogP contribution is 2.38. The third-order valence-corrected chi connectivity index (χ3v) is 6.89. The van der Waals surface area contributed by atoms with Gasteiger partial charge in [-0.3, -0.25) is 4.79 Å². The van der Waals surface area contributed by atoms with Gasteiger partial charge in [0.05, 0.1) is 16.3 Å². The molecular weight excluding hydrogens is 423 g/mol. The van der Waals surface area contributed by atoms with Crippen molar-refractivity contribution < 1.29 is 22.3 Å². The number of pyridine rings is 1. The quantitative estimate of drug-likeness (QED) is 0.769. The van der Waals surface area contributed by atoms with Crippen LogP contribution in [0.15, 0.2) is 35.2 Å². The summed E-state index contributed by atoms with van der Waals surface area (Å²) >= 11 is 0. The molecule has 0 bridgehead atoms. The first-order chi connectivity index (χ1) is 14.7. The Kier molecular flexibility index (Phi) is 5.61. The molecule has 31 heavy (non-hydrogen) atoms. The Morgan fingerprint density at radius 1 is 1.19 bits per heavy atom. The van der Waals surface area contributed by atoms with E-state index in [1.807, 2.05) is 11.8 Å². The Bertz CT molecular complexity index is 1120. The van der Waals surface area contributed by atoms with Crippen LogP contribution in [0, 0.1) is 5.82 Å². The van der Waals surface area contributed by atoms with E-state index >= 15 is 0 Å². The molecule has 0 radical (unpaired) electrons. The molecule has 1 fully saturated rings. The van der Waals surface area contributed by atoms with Gasteiger partial charge >= 0.3 is 0 Å². The van der Waals surface area contributed by atoms with E-state index in [1.54, 1.807) is 24.1 Å². The first kappa shape index (κ1) is 21.5. The Morgan fingerprint density at radius 3 is 2.55 bits per heavy atom. The van der Waals surface area contributed by atoms with Crippen LogP contribution in [0.25, 0.3) is 0 Å². The number of anilines is 4. The lowest BCUT2D eigenvalue weighted by atomic mass is 10.0. The summed E-state index contributed by atoms with van der Waals surface area (Å²) in [4.78, 5) is 21.0. The maximum Gasteiger partial charge on any atom is 0.249 e. The number of nitrogens with one attached hydrogen (secondary N) is 1. The molecule has 0 saturated carbocycles. The predicted molar refractivity (Wildman–Crippen MR) is 116 cm³/mol. The lowest BCUT2D eigenvalue weighted by molar-refractivity contribution is -0.119. The van der Waals surface area contributed by atoms with Crippen LogP contribution in [0.4, 0.5) is 27.4 Å². The van der Waals surface area contributed by atoms with Crippen LogP contribution in [-0.4, -0.2) is 57.9 Å². The highest BCUT2D eigenvalue weighted by Gasteiger charge is 2.39. The largest absolute Gasteiger partial charge is 0.381 e. The van der Waals surface area contributed by atoms with Crippen LogP contribution in [0.1, 0.15) is 19.8 Å². The molecule has 1 saturated heterocycles. The second kappa shape index (κ2) is 8.08. The van der Waals surface area contributed by atoms with Crippen molar-refractivity contribution in [3.63, 3.8) is 0 Å². The number of amides is 1. The summed E-state index contributed by atoms with van der Waals surface area (Å²) in [6, 6.07) is 6.90. The molecule has 8 nitrogen and oxygen atoms in total. The van der Waals surface area contributed by atoms with E-state index in [2.05, 4.69) is 5.32 Å². The molecule has 0 unspecified atom stereocenters. The van der Waals surface area contributed by atoms with Gasteiger partial charge in [0.25, 0.3) is 0 Å². The van der Waals surface area contributed by atoms with Crippen LogP contribution in [-0.2, 0) is 19.4 Å². The van der Waals surface area contributed by atoms with E-state index in [-0.39, 0.29) is 28.6 Å². The minimum absolute atomic E-state index is 0.0103. The van der Waals surface area contributed by atoms with Gasteiger partial charge in [0.2, 0.25) is 5.91 Å². The number of rotatable bonds is 4. The lowest BCUT2D eigenvalue weighted by Gasteiger charge is -2.44. The number of sulfone groups is 1. The maximum atomic E-state index is 14.5. The standard InChI is InChI=1S/C21H25FN4O4S/c1-13-21(27)25(2)18-6-7-19(24-20(18)26(13)14-8-10-30-11-9-14)23-17-5-4-15(12-16(17)22)31(3,28)29/h4-7,12-14H,8-11H2,1-3H3,(H,23,24)/t13-/m0/s1. The molecule has 3 heterocycles. The van der Waals surface area contributed by atoms with Crippen LogP contribution < -0.4 is 15.1 Å². The van der Waals surface area contributed by atoms with Gasteiger partial charge in [0.1, 0.15) is 17.7 Å². The average molecular weight is 449 g/mol. The monoisotopic (exact) mass is 448 g/mol. The third-order valence-electron chi connectivity index (χ3n) is 5.78. The van der Waals surface area contributed by atoms with E-state index in [0.29, 0.717) is 30.5 Å². The fourth-order valence-corrected chi connectivity index (χ4v) is 4.71. The van der Waals surface area contributed by atoms with Gasteiger partial charge in [-0.15, -0.1) is 0 Å². The number of nitrogens with zero attached hydrogens (tertiary/aromatic N) is 3. The average Bonchev–Trinajstić information content (AvgIpc) is 2.74. The number of carbonyl (C=O) groups excluding carboxylic acids is 1. The highest BCUT2D eigenvalue weighted by atomic mass is 32.2. The van der Waals surface area contributed by atoms with E-state index < -0.39 is 15.7 Å². The smallest absolute Gasteiger partial charge is 0.249 e. The number of carbonyl (C=O) groups is 1. The Morgan fingerprint density at radius 2 is 1.90 bits per heavy atom. The van der Waals surface area contributed by atoms with Crippen molar-refractivity contribution >= 4 is 38.8 Å². The number of likely N-dealkylation sites (N-methyl/N-ethyl adjacent to an activating group) is 1. The molecule has 2 aliphatic heterocycles. The number of hydrogen-bond acceptors (Lipinski definition) is 7. The highest BCUT2D eigenvalue weighted by molar-refractivity contribution is 7.90. The van der Waals surface area contributed by atoms with Crippen molar-refractivity contribution in [2.45, 2.75) is 36.7 Å². The van der Waals surface area contributed by atoms with Gasteiger partial charge in [-0.2, -0.15) is 0 Å². The van der Waals surface area contributed by atoms with Gasteiger partial charge in [-0.25, -0.2) is 17.8 Å². The molecule has 0 spiro atoms. The Balaban J connectivity index is 1.69. The summed E-state index contributed by atoms with van der Waals surface area (Å²) in [5, 5.41) is 2.93. The van der Waals surface area contributed by atoms with Crippen molar-refractivity contribution in [2.75, 3.05) is 41.6 Å². The summed E-state index contributed by atoms with van der Waals surface area (Å²) in [7, 11) is -1.78. The zero-order valence-corrected chi connectivity index (χ0v) is 18.4. The van der Waals surface area contributed by atoms with E-state index in [1.165, 1.54) is 12.1 Å². The zero-order chi connectivity index (χ0) is 22.3. The second-order valence-corrected chi connectivity index (χ2v) is 9.92. The molecule has 0 aliphatic carbocycles. The Hall–Kier alpha value is -2.72. The minimum Gasteiger partial charge on any atom is -0.381 e. The molecule has 1 aromatic carbocycles. The van der Waals surface area contributed by atoms with Crippen molar-refractivity contribution in [1.82, 2.24) is 4.98 Å². The summed E-state index contributed by atoms with van der Waals surface area (Å²) in [5.41, 5.74) is 0.804. The van der Waals surface area contributed by atoms with Crippen molar-refractivity contribution in [3.8, 4) is 0 Å². The zero-order valence-electron chi connectivity index (χ0n) is 17.6. The molecule has 2 aliphatic rings. The fraction of sp³-hybridized carbons (Fsp3) is 0.429. The number of ether oxygens (including phenoxy) is 1. The fourth-order valence-electron chi connectivity index (χ4n) is 4.08. The number of fused-ring (bicyclic) bond motifs is 1.